The Morgan fingerprint density at radius 2 is 2.12 bits per heavy atom. The molecule has 0 aromatic heterocycles. The van der Waals surface area contributed by atoms with E-state index in [0.29, 0.717) is 12.0 Å². The first kappa shape index (κ1) is 11.9. The van der Waals surface area contributed by atoms with Gasteiger partial charge in [0.15, 0.2) is 0 Å². The fraction of sp³-hybridized carbons (Fsp3) is 0.714. The summed E-state index contributed by atoms with van der Waals surface area (Å²) in [5.41, 5.74) is 2.87. The number of hydrogen-bond acceptors (Lipinski definition) is 2. The molecule has 0 N–H and O–H groups in total. The topological polar surface area (TPSA) is 12.5 Å². The molecule has 2 heteroatoms. The maximum Gasteiger partial charge on any atom is 0.0594 e. The van der Waals surface area contributed by atoms with Crippen LogP contribution in [0.3, 0.4) is 0 Å². The van der Waals surface area contributed by atoms with Crippen LogP contribution in [0.1, 0.15) is 26.7 Å². The molecule has 2 atom stereocenters. The second-order valence-corrected chi connectivity index (χ2v) is 5.14. The van der Waals surface area contributed by atoms with Crippen LogP contribution in [0, 0.1) is 5.92 Å². The van der Waals surface area contributed by atoms with Crippen molar-refractivity contribution in [2.45, 2.75) is 32.7 Å². The van der Waals surface area contributed by atoms with Gasteiger partial charge in [-0.15, -0.1) is 0 Å². The third-order valence-electron chi connectivity index (χ3n) is 3.82. The average molecular weight is 221 g/mol. The van der Waals surface area contributed by atoms with E-state index >= 15 is 0 Å². The van der Waals surface area contributed by atoms with E-state index in [9.17, 15) is 0 Å². The van der Waals surface area contributed by atoms with E-state index in [2.05, 4.69) is 31.4 Å². The molecule has 0 saturated carbocycles. The van der Waals surface area contributed by atoms with Gasteiger partial charge in [-0.25, -0.2) is 0 Å². The molecule has 0 spiro atoms. The van der Waals surface area contributed by atoms with Gasteiger partial charge in [0, 0.05) is 19.1 Å². The molecule has 2 rings (SSSR count). The Morgan fingerprint density at radius 3 is 2.75 bits per heavy atom. The van der Waals surface area contributed by atoms with E-state index in [0.717, 1.165) is 26.3 Å². The summed E-state index contributed by atoms with van der Waals surface area (Å²) < 4.78 is 5.43. The molecule has 2 nitrogen and oxygen atoms in total. The minimum absolute atomic E-state index is 0.565. The summed E-state index contributed by atoms with van der Waals surface area (Å²) in [6, 6.07) is 0.565. The van der Waals surface area contributed by atoms with Gasteiger partial charge in [-0.3, -0.25) is 4.90 Å². The summed E-state index contributed by atoms with van der Waals surface area (Å²) in [5, 5.41) is 0. The Balaban J connectivity index is 2.12. The number of hydrogen-bond donors (Lipinski definition) is 0. The molecule has 0 bridgehead atoms. The van der Waals surface area contributed by atoms with Crippen molar-refractivity contribution < 1.29 is 4.74 Å². The summed E-state index contributed by atoms with van der Waals surface area (Å²) in [6.07, 6.45) is 4.95. The van der Waals surface area contributed by atoms with E-state index in [-0.39, 0.29) is 0 Å². The minimum Gasteiger partial charge on any atom is -0.379 e. The minimum atomic E-state index is 0.565. The van der Waals surface area contributed by atoms with Crippen molar-refractivity contribution >= 4 is 0 Å². The van der Waals surface area contributed by atoms with E-state index in [4.69, 9.17) is 4.74 Å². The predicted octanol–water partition coefficient (Wildman–Crippen LogP) is 2.62. The fourth-order valence-electron chi connectivity index (χ4n) is 2.82. The maximum atomic E-state index is 5.43. The van der Waals surface area contributed by atoms with Crippen molar-refractivity contribution in [1.82, 2.24) is 4.90 Å². The highest BCUT2D eigenvalue weighted by Crippen LogP contribution is 2.31. The molecule has 1 saturated heterocycles. The van der Waals surface area contributed by atoms with Gasteiger partial charge in [0.1, 0.15) is 0 Å². The highest BCUT2D eigenvalue weighted by Gasteiger charge is 2.29. The number of allylic oxidation sites excluding steroid dienone is 1. The molecule has 2 aliphatic rings. The normalized spacial score (nSPS) is 32.2. The summed E-state index contributed by atoms with van der Waals surface area (Å²) >= 11 is 0. The molecule has 0 amide bonds. The molecule has 2 unspecified atom stereocenters. The van der Waals surface area contributed by atoms with Crippen molar-refractivity contribution in [3.05, 3.63) is 23.8 Å². The molecule has 1 aliphatic carbocycles. The number of rotatable bonds is 2. The van der Waals surface area contributed by atoms with Crippen LogP contribution >= 0.6 is 0 Å². The molecular formula is C14H23NO. The van der Waals surface area contributed by atoms with Gasteiger partial charge < -0.3 is 4.74 Å². The third-order valence-corrected chi connectivity index (χ3v) is 3.82. The van der Waals surface area contributed by atoms with Crippen LogP contribution in [0.4, 0.5) is 0 Å². The first-order valence-corrected chi connectivity index (χ1v) is 6.33. The zero-order chi connectivity index (χ0) is 11.5. The van der Waals surface area contributed by atoms with Gasteiger partial charge in [-0.05, 0) is 32.6 Å². The second kappa shape index (κ2) is 5.15. The van der Waals surface area contributed by atoms with Crippen LogP contribution in [0.2, 0.25) is 0 Å². The molecule has 1 heterocycles. The van der Waals surface area contributed by atoms with E-state index in [1.165, 1.54) is 24.0 Å². The fourth-order valence-corrected chi connectivity index (χ4v) is 2.82. The molecule has 1 aliphatic heterocycles. The molecule has 90 valence electrons. The zero-order valence-electron chi connectivity index (χ0n) is 10.5. The Bertz CT molecular complexity index is 289. The van der Waals surface area contributed by atoms with Crippen molar-refractivity contribution in [3.8, 4) is 0 Å². The lowest BCUT2D eigenvalue weighted by molar-refractivity contribution is 0.0153. The number of nitrogens with zero attached hydrogens (tertiary/aromatic N) is 1. The van der Waals surface area contributed by atoms with Crippen LogP contribution in [-0.2, 0) is 4.74 Å². The summed E-state index contributed by atoms with van der Waals surface area (Å²) in [5.74, 6) is 0.641. The maximum absolute atomic E-state index is 5.43. The standard InChI is InChI=1S/C14H23NO/c1-11(2)13-5-4-12(3)10-14(13)15-6-8-16-9-7-15/h10,13-14H,1,4-9H2,2-3H3. The van der Waals surface area contributed by atoms with E-state index < -0.39 is 0 Å². The monoisotopic (exact) mass is 221 g/mol. The van der Waals surface area contributed by atoms with Crippen LogP contribution < -0.4 is 0 Å². The van der Waals surface area contributed by atoms with Crippen LogP contribution in [-0.4, -0.2) is 37.2 Å². The van der Waals surface area contributed by atoms with Crippen molar-refractivity contribution in [2.75, 3.05) is 26.3 Å². The third kappa shape index (κ3) is 2.55. The summed E-state index contributed by atoms with van der Waals surface area (Å²) in [6.45, 7) is 12.5. The Labute approximate surface area is 99.0 Å². The van der Waals surface area contributed by atoms with Crippen molar-refractivity contribution in [1.29, 1.82) is 0 Å². The Hall–Kier alpha value is -0.600. The SMILES string of the molecule is C=C(C)C1CCC(C)=CC1N1CCOCC1. The van der Waals surface area contributed by atoms with E-state index in [1.807, 2.05) is 0 Å². The lowest BCUT2D eigenvalue weighted by atomic mass is 9.81. The van der Waals surface area contributed by atoms with Gasteiger partial charge >= 0.3 is 0 Å². The Kier molecular flexibility index (Phi) is 3.82. The first-order valence-electron chi connectivity index (χ1n) is 6.33. The van der Waals surface area contributed by atoms with Crippen LogP contribution in [0.25, 0.3) is 0 Å². The molecule has 0 aromatic carbocycles. The Morgan fingerprint density at radius 1 is 1.44 bits per heavy atom. The number of ether oxygens (including phenoxy) is 1. The molecule has 0 radical (unpaired) electrons. The van der Waals surface area contributed by atoms with Crippen molar-refractivity contribution in [3.63, 3.8) is 0 Å². The second-order valence-electron chi connectivity index (χ2n) is 5.14. The molecular weight excluding hydrogens is 198 g/mol. The quantitative estimate of drug-likeness (QED) is 0.665. The highest BCUT2D eigenvalue weighted by molar-refractivity contribution is 5.17. The largest absolute Gasteiger partial charge is 0.379 e. The molecule has 1 fully saturated rings. The van der Waals surface area contributed by atoms with Gasteiger partial charge in [-0.2, -0.15) is 0 Å². The average Bonchev–Trinajstić information content (AvgIpc) is 2.29. The first-order chi connectivity index (χ1) is 7.68. The van der Waals surface area contributed by atoms with Crippen molar-refractivity contribution in [2.24, 2.45) is 5.92 Å². The van der Waals surface area contributed by atoms with Crippen LogP contribution in [0.15, 0.2) is 23.8 Å². The molecule has 16 heavy (non-hydrogen) atoms. The lowest BCUT2D eigenvalue weighted by Gasteiger charge is -2.40. The smallest absolute Gasteiger partial charge is 0.0594 e. The summed E-state index contributed by atoms with van der Waals surface area (Å²) in [4.78, 5) is 2.56. The van der Waals surface area contributed by atoms with Gasteiger partial charge in [0.05, 0.1) is 13.2 Å². The van der Waals surface area contributed by atoms with Crippen LogP contribution in [0.5, 0.6) is 0 Å². The predicted molar refractivity (Wildman–Crippen MR) is 67.5 cm³/mol. The zero-order valence-corrected chi connectivity index (χ0v) is 10.5. The van der Waals surface area contributed by atoms with Gasteiger partial charge in [0.2, 0.25) is 0 Å². The lowest BCUT2D eigenvalue weighted by Crippen LogP contribution is -2.47. The highest BCUT2D eigenvalue weighted by atomic mass is 16.5. The number of morpholine rings is 1. The van der Waals surface area contributed by atoms with Gasteiger partial charge in [0.25, 0.3) is 0 Å². The summed E-state index contributed by atoms with van der Waals surface area (Å²) in [7, 11) is 0. The van der Waals surface area contributed by atoms with E-state index in [1.54, 1.807) is 0 Å². The molecule has 0 aromatic rings. The van der Waals surface area contributed by atoms with Gasteiger partial charge in [-0.1, -0.05) is 23.8 Å².